The van der Waals surface area contributed by atoms with Crippen LogP contribution in [0.25, 0.3) is 10.2 Å². The van der Waals surface area contributed by atoms with Gasteiger partial charge in [0.25, 0.3) is 0 Å². The Kier molecular flexibility index (Phi) is 3.98. The molecule has 1 aliphatic rings. The van der Waals surface area contributed by atoms with Crippen molar-refractivity contribution in [2.45, 2.75) is 18.3 Å². The number of rotatable bonds is 5. The number of ether oxygens (including phenoxy) is 1. The van der Waals surface area contributed by atoms with Crippen LogP contribution >= 0.6 is 11.3 Å². The number of Topliss-reactive ketones (excluding diaryl/α,β-unsaturated/α-hetero) is 1. The molecule has 2 aromatic carbocycles. The molecule has 4 rings (SSSR count). The minimum absolute atomic E-state index is 0.0117. The fourth-order valence-corrected chi connectivity index (χ4v) is 4.22. The highest BCUT2D eigenvalue weighted by molar-refractivity contribution is 7.18. The molecule has 0 bridgehead atoms. The molecular weight excluding hydrogens is 332 g/mol. The Morgan fingerprint density at radius 1 is 1.28 bits per heavy atom. The zero-order valence-electron chi connectivity index (χ0n) is 13.7. The summed E-state index contributed by atoms with van der Waals surface area (Å²) in [6, 6.07) is 17.7. The van der Waals surface area contributed by atoms with E-state index in [2.05, 4.69) is 11.1 Å². The standard InChI is InChI=1S/C20H16N2O2S/c1-24-13-8-6-12(7-9-13)14-10-15(14)19(23)16(11-21)20-22-17-4-2-3-5-18(17)25-20/h2-9,14-16H,10H2,1H3/t14-,15+,16+/m0/s1. The van der Waals surface area contributed by atoms with Gasteiger partial charge in [-0.1, -0.05) is 24.3 Å². The molecule has 124 valence electrons. The summed E-state index contributed by atoms with van der Waals surface area (Å²) < 4.78 is 6.18. The molecule has 3 atom stereocenters. The molecule has 0 unspecified atom stereocenters. The Morgan fingerprint density at radius 2 is 2.04 bits per heavy atom. The van der Waals surface area contributed by atoms with Gasteiger partial charge in [-0.05, 0) is 42.2 Å². The maximum absolute atomic E-state index is 12.8. The smallest absolute Gasteiger partial charge is 0.160 e. The number of aromatic nitrogens is 1. The quantitative estimate of drug-likeness (QED) is 0.690. The van der Waals surface area contributed by atoms with Crippen molar-refractivity contribution in [1.29, 1.82) is 5.26 Å². The first-order chi connectivity index (χ1) is 12.2. The number of nitriles is 1. The lowest BCUT2D eigenvalue weighted by Crippen LogP contribution is -2.13. The van der Waals surface area contributed by atoms with Crippen LogP contribution in [-0.2, 0) is 4.79 Å². The van der Waals surface area contributed by atoms with E-state index in [1.54, 1.807) is 7.11 Å². The summed E-state index contributed by atoms with van der Waals surface area (Å²) in [5.74, 6) is 0.123. The Bertz CT molecular complexity index is 938. The molecule has 3 aromatic rings. The van der Waals surface area contributed by atoms with Gasteiger partial charge in [-0.3, -0.25) is 4.79 Å². The Labute approximate surface area is 149 Å². The van der Waals surface area contributed by atoms with E-state index in [4.69, 9.17) is 4.74 Å². The predicted octanol–water partition coefficient (Wildman–Crippen LogP) is 4.28. The second kappa shape index (κ2) is 6.30. The SMILES string of the molecule is COc1ccc([C@@H]2C[C@H]2C(=O)[C@@H](C#N)c2nc3ccccc3s2)cc1. The average molecular weight is 348 g/mol. The van der Waals surface area contributed by atoms with E-state index >= 15 is 0 Å². The number of nitrogens with zero attached hydrogens (tertiary/aromatic N) is 2. The van der Waals surface area contributed by atoms with E-state index in [0.29, 0.717) is 5.01 Å². The van der Waals surface area contributed by atoms with Crippen LogP contribution < -0.4 is 4.74 Å². The summed E-state index contributed by atoms with van der Waals surface area (Å²) in [5, 5.41) is 10.2. The van der Waals surface area contributed by atoms with Crippen LogP contribution in [0.15, 0.2) is 48.5 Å². The Balaban J connectivity index is 1.54. The van der Waals surface area contributed by atoms with E-state index in [1.807, 2.05) is 48.5 Å². The van der Waals surface area contributed by atoms with Gasteiger partial charge in [0, 0.05) is 5.92 Å². The third kappa shape index (κ3) is 2.90. The van der Waals surface area contributed by atoms with E-state index in [0.717, 1.165) is 28.0 Å². The lowest BCUT2D eigenvalue weighted by atomic mass is 9.99. The monoisotopic (exact) mass is 348 g/mol. The second-order valence-electron chi connectivity index (χ2n) is 6.21. The van der Waals surface area contributed by atoms with Gasteiger partial charge in [-0.15, -0.1) is 11.3 Å². The molecule has 0 spiro atoms. The molecule has 4 nitrogen and oxygen atoms in total. The van der Waals surface area contributed by atoms with Crippen molar-refractivity contribution in [3.63, 3.8) is 0 Å². The number of benzene rings is 2. The maximum Gasteiger partial charge on any atom is 0.160 e. The lowest BCUT2D eigenvalue weighted by Gasteiger charge is -2.05. The fourth-order valence-electron chi connectivity index (χ4n) is 3.20. The van der Waals surface area contributed by atoms with Gasteiger partial charge >= 0.3 is 0 Å². The normalized spacial score (nSPS) is 20.0. The van der Waals surface area contributed by atoms with Crippen LogP contribution in [-0.4, -0.2) is 17.9 Å². The van der Waals surface area contributed by atoms with Crippen LogP contribution in [0.5, 0.6) is 5.75 Å². The van der Waals surface area contributed by atoms with Gasteiger partial charge < -0.3 is 4.74 Å². The van der Waals surface area contributed by atoms with Crippen LogP contribution in [0.3, 0.4) is 0 Å². The zero-order chi connectivity index (χ0) is 17.4. The number of carbonyl (C=O) groups is 1. The Morgan fingerprint density at radius 3 is 2.72 bits per heavy atom. The van der Waals surface area contributed by atoms with E-state index in [1.165, 1.54) is 11.3 Å². The second-order valence-corrected chi connectivity index (χ2v) is 7.27. The van der Waals surface area contributed by atoms with Gasteiger partial charge in [0.1, 0.15) is 10.8 Å². The minimum atomic E-state index is -0.773. The molecule has 5 heteroatoms. The number of thiazole rings is 1. The predicted molar refractivity (Wildman–Crippen MR) is 96.8 cm³/mol. The van der Waals surface area contributed by atoms with E-state index in [-0.39, 0.29) is 17.6 Å². The van der Waals surface area contributed by atoms with Crippen molar-refractivity contribution in [2.24, 2.45) is 5.92 Å². The number of fused-ring (bicyclic) bond motifs is 1. The summed E-state index contributed by atoms with van der Waals surface area (Å²) in [7, 11) is 1.63. The molecule has 1 heterocycles. The lowest BCUT2D eigenvalue weighted by molar-refractivity contribution is -0.120. The number of para-hydroxylation sites is 1. The van der Waals surface area contributed by atoms with Crippen molar-refractivity contribution in [3.05, 3.63) is 59.1 Å². The van der Waals surface area contributed by atoms with Crippen molar-refractivity contribution in [1.82, 2.24) is 4.98 Å². The number of carbonyl (C=O) groups excluding carboxylic acids is 1. The van der Waals surface area contributed by atoms with Crippen LogP contribution in [0.2, 0.25) is 0 Å². The Hall–Kier alpha value is -2.71. The third-order valence-electron chi connectivity index (χ3n) is 4.67. The first kappa shape index (κ1) is 15.8. The zero-order valence-corrected chi connectivity index (χ0v) is 14.5. The highest BCUT2D eigenvalue weighted by Crippen LogP contribution is 2.50. The molecule has 0 radical (unpaired) electrons. The molecule has 0 aliphatic heterocycles. The molecule has 1 aliphatic carbocycles. The van der Waals surface area contributed by atoms with Gasteiger partial charge in [-0.25, -0.2) is 4.98 Å². The minimum Gasteiger partial charge on any atom is -0.497 e. The van der Waals surface area contributed by atoms with Crippen LogP contribution in [0, 0.1) is 17.2 Å². The topological polar surface area (TPSA) is 63.0 Å². The van der Waals surface area contributed by atoms with Crippen molar-refractivity contribution in [2.75, 3.05) is 7.11 Å². The van der Waals surface area contributed by atoms with E-state index in [9.17, 15) is 10.1 Å². The number of ketones is 1. The van der Waals surface area contributed by atoms with Gasteiger partial charge in [0.05, 0.1) is 23.4 Å². The van der Waals surface area contributed by atoms with E-state index < -0.39 is 5.92 Å². The summed E-state index contributed by atoms with van der Waals surface area (Å²) in [6.07, 6.45) is 0.800. The van der Waals surface area contributed by atoms with Gasteiger partial charge in [0.15, 0.2) is 11.7 Å². The molecular formula is C20H16N2O2S. The van der Waals surface area contributed by atoms with Gasteiger partial charge in [-0.2, -0.15) is 5.26 Å². The van der Waals surface area contributed by atoms with Crippen molar-refractivity contribution < 1.29 is 9.53 Å². The van der Waals surface area contributed by atoms with Crippen LogP contribution in [0.4, 0.5) is 0 Å². The molecule has 1 aromatic heterocycles. The molecule has 25 heavy (non-hydrogen) atoms. The molecule has 0 amide bonds. The first-order valence-corrected chi connectivity index (χ1v) is 8.95. The van der Waals surface area contributed by atoms with Gasteiger partial charge in [0.2, 0.25) is 0 Å². The highest BCUT2D eigenvalue weighted by Gasteiger charge is 2.47. The van der Waals surface area contributed by atoms with Crippen LogP contribution in [0.1, 0.15) is 28.8 Å². The molecule has 1 fully saturated rings. The number of hydrogen-bond acceptors (Lipinski definition) is 5. The first-order valence-electron chi connectivity index (χ1n) is 8.14. The summed E-state index contributed by atoms with van der Waals surface area (Å²) >= 11 is 1.43. The highest BCUT2D eigenvalue weighted by atomic mass is 32.1. The maximum atomic E-state index is 12.8. The average Bonchev–Trinajstić information content (AvgIpc) is 3.34. The fraction of sp³-hybridized carbons (Fsp3) is 0.250. The summed E-state index contributed by atoms with van der Waals surface area (Å²) in [6.45, 7) is 0. The number of hydrogen-bond donors (Lipinski definition) is 0. The molecule has 0 N–H and O–H groups in total. The van der Waals surface area contributed by atoms with Crippen molar-refractivity contribution >= 4 is 27.3 Å². The molecule has 1 saturated carbocycles. The van der Waals surface area contributed by atoms with Crippen molar-refractivity contribution in [3.8, 4) is 11.8 Å². The molecule has 0 saturated heterocycles. The third-order valence-corrected chi connectivity index (χ3v) is 5.77. The summed E-state index contributed by atoms with van der Waals surface area (Å²) in [5.41, 5.74) is 1.97. The number of methoxy groups -OCH3 is 1. The largest absolute Gasteiger partial charge is 0.497 e. The summed E-state index contributed by atoms with van der Waals surface area (Å²) in [4.78, 5) is 17.3.